The molecule has 0 bridgehead atoms. The van der Waals surface area contributed by atoms with Gasteiger partial charge in [-0.15, -0.1) is 5.10 Å². The molecule has 0 aliphatic rings. The predicted octanol–water partition coefficient (Wildman–Crippen LogP) is 1.16. The topological polar surface area (TPSA) is 112 Å². The molecule has 0 spiro atoms. The highest BCUT2D eigenvalue weighted by molar-refractivity contribution is 5.95. The number of hydrogen-bond donors (Lipinski definition) is 1. The minimum absolute atomic E-state index is 0.0184. The van der Waals surface area contributed by atoms with Crippen LogP contribution in [0.2, 0.25) is 0 Å². The van der Waals surface area contributed by atoms with E-state index in [1.54, 1.807) is 20.1 Å². The fourth-order valence-electron chi connectivity index (χ4n) is 2.78. The van der Waals surface area contributed by atoms with E-state index in [4.69, 9.17) is 9.15 Å². The fraction of sp³-hybridized carbons (Fsp3) is 0.316. The first-order valence-electron chi connectivity index (χ1n) is 8.82. The van der Waals surface area contributed by atoms with Gasteiger partial charge in [-0.25, -0.2) is 9.48 Å². The van der Waals surface area contributed by atoms with E-state index in [0.29, 0.717) is 37.3 Å². The van der Waals surface area contributed by atoms with Gasteiger partial charge in [-0.05, 0) is 53.1 Å². The van der Waals surface area contributed by atoms with Crippen molar-refractivity contribution < 1.29 is 13.9 Å². The lowest BCUT2D eigenvalue weighted by molar-refractivity contribution is 0.0946. The molecular weight excluding hydrogens is 362 g/mol. The third-order valence-corrected chi connectivity index (χ3v) is 4.26. The van der Waals surface area contributed by atoms with Crippen molar-refractivity contribution in [1.29, 1.82) is 0 Å². The van der Waals surface area contributed by atoms with Gasteiger partial charge in [0.25, 0.3) is 5.91 Å². The van der Waals surface area contributed by atoms with Crippen molar-refractivity contribution in [3.05, 3.63) is 69.5 Å². The molecule has 0 aliphatic carbocycles. The Morgan fingerprint density at radius 3 is 2.68 bits per heavy atom. The zero-order valence-electron chi connectivity index (χ0n) is 15.7. The number of nitrogens with zero attached hydrogens (tertiary/aromatic N) is 4. The van der Waals surface area contributed by atoms with E-state index in [1.165, 1.54) is 11.0 Å². The summed E-state index contributed by atoms with van der Waals surface area (Å²) in [5.41, 5.74) is 1.07. The number of amides is 1. The second-order valence-corrected chi connectivity index (χ2v) is 6.24. The van der Waals surface area contributed by atoms with Crippen molar-refractivity contribution >= 4 is 5.91 Å². The van der Waals surface area contributed by atoms with Gasteiger partial charge in [0, 0.05) is 13.0 Å². The van der Waals surface area contributed by atoms with E-state index >= 15 is 0 Å². The van der Waals surface area contributed by atoms with Crippen LogP contribution < -0.4 is 15.7 Å². The lowest BCUT2D eigenvalue weighted by Crippen LogP contribution is -2.32. The summed E-state index contributed by atoms with van der Waals surface area (Å²) < 4.78 is 12.0. The highest BCUT2D eigenvalue weighted by Gasteiger charge is 2.16. The van der Waals surface area contributed by atoms with Gasteiger partial charge in [0.15, 0.2) is 0 Å². The normalized spacial score (nSPS) is 10.6. The zero-order valence-corrected chi connectivity index (χ0v) is 15.7. The zero-order chi connectivity index (χ0) is 19.9. The van der Waals surface area contributed by atoms with E-state index in [9.17, 15) is 9.59 Å². The SMILES string of the molecule is COc1ccc(CCc2cc(C)c(C(=O)NCCn3cnnn3)c(=O)o2)cc1. The Morgan fingerprint density at radius 1 is 1.25 bits per heavy atom. The molecule has 2 heterocycles. The van der Waals surface area contributed by atoms with Crippen LogP contribution in [0.5, 0.6) is 5.75 Å². The van der Waals surface area contributed by atoms with Crippen molar-refractivity contribution in [2.24, 2.45) is 0 Å². The summed E-state index contributed by atoms with van der Waals surface area (Å²) in [6.07, 6.45) is 2.72. The molecule has 0 radical (unpaired) electrons. The molecule has 146 valence electrons. The average Bonchev–Trinajstić information content (AvgIpc) is 3.20. The first-order chi connectivity index (χ1) is 13.6. The molecule has 0 unspecified atom stereocenters. The lowest BCUT2D eigenvalue weighted by atomic mass is 10.1. The van der Waals surface area contributed by atoms with Crippen molar-refractivity contribution in [1.82, 2.24) is 25.5 Å². The second kappa shape index (κ2) is 8.94. The number of aromatic nitrogens is 4. The smallest absolute Gasteiger partial charge is 0.349 e. The summed E-state index contributed by atoms with van der Waals surface area (Å²) in [6.45, 7) is 2.43. The molecule has 1 aromatic carbocycles. The third-order valence-electron chi connectivity index (χ3n) is 4.26. The predicted molar refractivity (Wildman–Crippen MR) is 100 cm³/mol. The van der Waals surface area contributed by atoms with Crippen molar-refractivity contribution in [2.45, 2.75) is 26.3 Å². The van der Waals surface area contributed by atoms with Crippen LogP contribution in [0.3, 0.4) is 0 Å². The molecule has 3 aromatic rings. The van der Waals surface area contributed by atoms with Crippen molar-refractivity contribution in [2.75, 3.05) is 13.7 Å². The molecule has 9 heteroatoms. The molecular formula is C19H21N5O4. The molecule has 28 heavy (non-hydrogen) atoms. The summed E-state index contributed by atoms with van der Waals surface area (Å²) in [6, 6.07) is 9.45. The fourth-order valence-corrected chi connectivity index (χ4v) is 2.78. The summed E-state index contributed by atoms with van der Waals surface area (Å²) >= 11 is 0. The number of aryl methyl sites for hydroxylation is 3. The molecule has 9 nitrogen and oxygen atoms in total. The number of nitrogens with one attached hydrogen (secondary N) is 1. The number of hydrogen-bond acceptors (Lipinski definition) is 7. The van der Waals surface area contributed by atoms with Crippen molar-refractivity contribution in [3.8, 4) is 5.75 Å². The first kappa shape index (κ1) is 19.3. The standard InChI is InChI=1S/C19H21N5O4/c1-13-11-16(8-5-14-3-6-15(27-2)7-4-14)28-19(26)17(13)18(25)20-9-10-24-12-21-22-23-24/h3-4,6-7,11-12H,5,8-10H2,1-2H3,(H,20,25). The number of benzene rings is 1. The van der Waals surface area contributed by atoms with Gasteiger partial charge in [0.1, 0.15) is 23.4 Å². The Bertz CT molecular complexity index is 981. The van der Waals surface area contributed by atoms with Gasteiger partial charge in [0.05, 0.1) is 13.7 Å². The highest BCUT2D eigenvalue weighted by atomic mass is 16.5. The number of carbonyl (C=O) groups is 1. The van der Waals surface area contributed by atoms with Crippen LogP contribution in [0.1, 0.15) is 27.2 Å². The molecule has 1 amide bonds. The first-order valence-corrected chi connectivity index (χ1v) is 8.82. The minimum atomic E-state index is -0.635. The lowest BCUT2D eigenvalue weighted by Gasteiger charge is -2.08. The van der Waals surface area contributed by atoms with Crippen LogP contribution in [-0.2, 0) is 19.4 Å². The minimum Gasteiger partial charge on any atom is -0.497 e. The van der Waals surface area contributed by atoms with Crippen LogP contribution in [0.25, 0.3) is 0 Å². The van der Waals surface area contributed by atoms with E-state index in [-0.39, 0.29) is 5.56 Å². The van der Waals surface area contributed by atoms with Gasteiger partial charge in [-0.1, -0.05) is 12.1 Å². The Hall–Kier alpha value is -3.49. The van der Waals surface area contributed by atoms with E-state index in [0.717, 1.165) is 11.3 Å². The molecule has 0 atom stereocenters. The molecule has 1 N–H and O–H groups in total. The molecule has 3 rings (SSSR count). The second-order valence-electron chi connectivity index (χ2n) is 6.24. The largest absolute Gasteiger partial charge is 0.497 e. The number of carbonyl (C=O) groups excluding carboxylic acids is 1. The maximum atomic E-state index is 12.3. The van der Waals surface area contributed by atoms with Gasteiger partial charge < -0.3 is 14.5 Å². The number of ether oxygens (including phenoxy) is 1. The van der Waals surface area contributed by atoms with Gasteiger partial charge in [-0.2, -0.15) is 0 Å². The molecule has 0 saturated heterocycles. The van der Waals surface area contributed by atoms with Crippen LogP contribution in [-0.4, -0.2) is 39.8 Å². The number of rotatable bonds is 8. The molecule has 2 aromatic heterocycles. The highest BCUT2D eigenvalue weighted by Crippen LogP contribution is 2.14. The average molecular weight is 383 g/mol. The monoisotopic (exact) mass is 383 g/mol. The van der Waals surface area contributed by atoms with Crippen LogP contribution in [0.4, 0.5) is 0 Å². The van der Waals surface area contributed by atoms with Crippen LogP contribution in [0.15, 0.2) is 45.9 Å². The van der Waals surface area contributed by atoms with Crippen LogP contribution >= 0.6 is 0 Å². The molecule has 0 fully saturated rings. The Kier molecular flexibility index (Phi) is 6.15. The van der Waals surface area contributed by atoms with Gasteiger partial charge >= 0.3 is 5.63 Å². The Morgan fingerprint density at radius 2 is 2.04 bits per heavy atom. The molecule has 0 saturated carbocycles. The Balaban J connectivity index is 1.61. The number of methoxy groups -OCH3 is 1. The molecule has 0 aliphatic heterocycles. The maximum absolute atomic E-state index is 12.3. The summed E-state index contributed by atoms with van der Waals surface area (Å²) in [7, 11) is 1.62. The Labute approximate surface area is 161 Å². The number of tetrazole rings is 1. The van der Waals surface area contributed by atoms with Gasteiger partial charge in [0.2, 0.25) is 0 Å². The van der Waals surface area contributed by atoms with Crippen molar-refractivity contribution in [3.63, 3.8) is 0 Å². The quantitative estimate of drug-likeness (QED) is 0.621. The van der Waals surface area contributed by atoms with Crippen LogP contribution in [0, 0.1) is 6.92 Å². The van der Waals surface area contributed by atoms with E-state index in [1.807, 2.05) is 24.3 Å². The van der Waals surface area contributed by atoms with E-state index in [2.05, 4.69) is 20.8 Å². The summed E-state index contributed by atoms with van der Waals surface area (Å²) in [4.78, 5) is 24.6. The third kappa shape index (κ3) is 4.81. The van der Waals surface area contributed by atoms with E-state index < -0.39 is 11.5 Å². The van der Waals surface area contributed by atoms with Gasteiger partial charge in [-0.3, -0.25) is 4.79 Å². The maximum Gasteiger partial charge on any atom is 0.349 e. The summed E-state index contributed by atoms with van der Waals surface area (Å²) in [5, 5.41) is 13.4. The summed E-state index contributed by atoms with van der Waals surface area (Å²) in [5.74, 6) is 0.867.